The molecule has 2 rings (SSSR count). The number of carboxylic acid groups (broad SMARTS) is 1. The lowest BCUT2D eigenvalue weighted by Crippen LogP contribution is -2.47. The number of rotatable bonds is 2. The molecule has 1 aliphatic heterocycles. The Morgan fingerprint density at radius 2 is 1.74 bits per heavy atom. The highest BCUT2D eigenvalue weighted by molar-refractivity contribution is 5.69. The summed E-state index contributed by atoms with van der Waals surface area (Å²) in [5, 5.41) is 8.95. The zero-order valence-electron chi connectivity index (χ0n) is 11.9. The van der Waals surface area contributed by atoms with Gasteiger partial charge in [-0.25, -0.2) is 4.79 Å². The molecule has 5 nitrogen and oxygen atoms in total. The normalized spacial score (nSPS) is 30.3. The molecule has 1 unspecified atom stereocenters. The van der Waals surface area contributed by atoms with Gasteiger partial charge in [-0.15, -0.1) is 0 Å². The Labute approximate surface area is 113 Å². The van der Waals surface area contributed by atoms with E-state index in [1.807, 2.05) is 20.8 Å². The molecule has 5 heteroatoms. The molecule has 1 heterocycles. The number of ether oxygens (including phenoxy) is 1. The quantitative estimate of drug-likeness (QED) is 0.835. The predicted molar refractivity (Wildman–Crippen MR) is 69.8 cm³/mol. The third-order valence-corrected chi connectivity index (χ3v) is 4.09. The molecule has 19 heavy (non-hydrogen) atoms. The molecule has 2 bridgehead atoms. The monoisotopic (exact) mass is 269 g/mol. The van der Waals surface area contributed by atoms with Crippen LogP contribution in [0.3, 0.4) is 0 Å². The van der Waals surface area contributed by atoms with Crippen LogP contribution in [0.2, 0.25) is 0 Å². The van der Waals surface area contributed by atoms with E-state index in [1.54, 1.807) is 4.90 Å². The minimum atomic E-state index is -0.729. The molecule has 3 atom stereocenters. The lowest BCUT2D eigenvalue weighted by molar-refractivity contribution is -0.139. The van der Waals surface area contributed by atoms with Gasteiger partial charge in [-0.1, -0.05) is 0 Å². The second-order valence-corrected chi connectivity index (χ2v) is 6.74. The van der Waals surface area contributed by atoms with Crippen molar-refractivity contribution < 1.29 is 19.4 Å². The first-order valence-corrected chi connectivity index (χ1v) is 6.96. The maximum Gasteiger partial charge on any atom is 0.410 e. The number of piperidine rings is 1. The standard InChI is InChI=1S/C14H23NO4/c1-14(2,3)19-13(18)15-7-9-4-5-10(8-15)11(9)6-12(16)17/h9-11H,4-8H2,1-3H3,(H,16,17)/t9-,10+,11?. The molecule has 0 aromatic carbocycles. The first-order chi connectivity index (χ1) is 8.76. The summed E-state index contributed by atoms with van der Waals surface area (Å²) in [6.07, 6.45) is 2.03. The van der Waals surface area contributed by atoms with Crippen molar-refractivity contribution in [3.05, 3.63) is 0 Å². The van der Waals surface area contributed by atoms with Crippen molar-refractivity contribution in [2.24, 2.45) is 17.8 Å². The highest BCUT2D eigenvalue weighted by Gasteiger charge is 2.44. The highest BCUT2D eigenvalue weighted by Crippen LogP contribution is 2.43. The first-order valence-electron chi connectivity index (χ1n) is 6.96. The van der Waals surface area contributed by atoms with E-state index in [9.17, 15) is 9.59 Å². The number of carbonyl (C=O) groups is 2. The smallest absolute Gasteiger partial charge is 0.410 e. The van der Waals surface area contributed by atoms with E-state index < -0.39 is 11.6 Å². The number of carboxylic acids is 1. The summed E-state index contributed by atoms with van der Waals surface area (Å²) in [5.74, 6) is 0.147. The number of hydrogen-bond donors (Lipinski definition) is 1. The van der Waals surface area contributed by atoms with E-state index in [4.69, 9.17) is 9.84 Å². The van der Waals surface area contributed by atoms with Crippen LogP contribution in [0.5, 0.6) is 0 Å². The maximum atomic E-state index is 12.0. The van der Waals surface area contributed by atoms with Crippen LogP contribution < -0.4 is 0 Å². The predicted octanol–water partition coefficient (Wildman–Crippen LogP) is 2.35. The second kappa shape index (κ2) is 5.02. The van der Waals surface area contributed by atoms with E-state index in [1.165, 1.54) is 0 Å². The van der Waals surface area contributed by atoms with Gasteiger partial charge in [0.25, 0.3) is 0 Å². The van der Waals surface area contributed by atoms with Gasteiger partial charge < -0.3 is 14.7 Å². The third kappa shape index (κ3) is 3.39. The lowest BCUT2D eigenvalue weighted by Gasteiger charge is -2.38. The number of likely N-dealkylation sites (tertiary alicyclic amines) is 1. The SMILES string of the molecule is CC(C)(C)OC(=O)N1C[C@H]2CC[C@@H](C1)C2CC(=O)O. The van der Waals surface area contributed by atoms with Gasteiger partial charge in [-0.2, -0.15) is 0 Å². The molecule has 1 aliphatic carbocycles. The molecule has 108 valence electrons. The highest BCUT2D eigenvalue weighted by atomic mass is 16.6. The lowest BCUT2D eigenvalue weighted by atomic mass is 9.83. The van der Waals surface area contributed by atoms with Crippen LogP contribution in [0.4, 0.5) is 4.79 Å². The van der Waals surface area contributed by atoms with Crippen molar-refractivity contribution in [1.82, 2.24) is 4.90 Å². The van der Waals surface area contributed by atoms with Gasteiger partial charge in [-0.3, -0.25) is 4.79 Å². The minimum Gasteiger partial charge on any atom is -0.481 e. The maximum absolute atomic E-state index is 12.0. The Bertz CT molecular complexity index is 360. The fraction of sp³-hybridized carbons (Fsp3) is 0.857. The summed E-state index contributed by atoms with van der Waals surface area (Å²) >= 11 is 0. The molecular weight excluding hydrogens is 246 g/mol. The zero-order chi connectivity index (χ0) is 14.2. The third-order valence-electron chi connectivity index (χ3n) is 4.09. The summed E-state index contributed by atoms with van der Waals surface area (Å²) in [4.78, 5) is 24.7. The number of fused-ring (bicyclic) bond motifs is 2. The molecule has 1 saturated carbocycles. The largest absolute Gasteiger partial charge is 0.481 e. The molecule has 1 N–H and O–H groups in total. The average Bonchev–Trinajstić information content (AvgIpc) is 2.48. The van der Waals surface area contributed by atoms with Crippen LogP contribution >= 0.6 is 0 Å². The number of aliphatic carboxylic acids is 1. The fourth-order valence-corrected chi connectivity index (χ4v) is 3.35. The van der Waals surface area contributed by atoms with Crippen molar-refractivity contribution in [2.45, 2.75) is 45.6 Å². The van der Waals surface area contributed by atoms with Crippen molar-refractivity contribution in [3.63, 3.8) is 0 Å². The Balaban J connectivity index is 1.96. The van der Waals surface area contributed by atoms with Crippen LogP contribution in [0.25, 0.3) is 0 Å². The van der Waals surface area contributed by atoms with Crippen LogP contribution in [0.1, 0.15) is 40.0 Å². The topological polar surface area (TPSA) is 66.8 Å². The van der Waals surface area contributed by atoms with Crippen LogP contribution in [-0.4, -0.2) is 40.8 Å². The Morgan fingerprint density at radius 1 is 1.21 bits per heavy atom. The summed E-state index contributed by atoms with van der Waals surface area (Å²) in [6.45, 7) is 6.86. The van der Waals surface area contributed by atoms with Gasteiger partial charge in [0.05, 0.1) is 0 Å². The Hall–Kier alpha value is -1.26. The van der Waals surface area contributed by atoms with Gasteiger partial charge >= 0.3 is 12.1 Å². The van der Waals surface area contributed by atoms with Gasteiger partial charge in [0, 0.05) is 19.5 Å². The van der Waals surface area contributed by atoms with E-state index in [2.05, 4.69) is 0 Å². The van der Waals surface area contributed by atoms with Crippen molar-refractivity contribution in [2.75, 3.05) is 13.1 Å². The molecule has 0 radical (unpaired) electrons. The van der Waals surface area contributed by atoms with Crippen molar-refractivity contribution in [1.29, 1.82) is 0 Å². The Morgan fingerprint density at radius 3 is 2.16 bits per heavy atom. The van der Waals surface area contributed by atoms with E-state index >= 15 is 0 Å². The number of hydrogen-bond acceptors (Lipinski definition) is 3. The summed E-state index contributed by atoms with van der Waals surface area (Å²) in [5.41, 5.74) is -0.478. The first kappa shape index (κ1) is 14.2. The molecule has 0 aromatic rings. The molecule has 0 aromatic heterocycles. The molecule has 0 spiro atoms. The number of nitrogens with zero attached hydrogens (tertiary/aromatic N) is 1. The molecule has 2 fully saturated rings. The van der Waals surface area contributed by atoms with Crippen LogP contribution in [-0.2, 0) is 9.53 Å². The zero-order valence-corrected chi connectivity index (χ0v) is 11.9. The number of amides is 1. The van der Waals surface area contributed by atoms with E-state index in [0.29, 0.717) is 24.9 Å². The molecular formula is C14H23NO4. The van der Waals surface area contributed by atoms with Gasteiger partial charge in [-0.05, 0) is 51.4 Å². The molecule has 2 aliphatic rings. The molecule has 1 amide bonds. The van der Waals surface area contributed by atoms with Crippen LogP contribution in [0, 0.1) is 17.8 Å². The van der Waals surface area contributed by atoms with Crippen LogP contribution in [0.15, 0.2) is 0 Å². The summed E-state index contributed by atoms with van der Waals surface area (Å²) < 4.78 is 5.39. The minimum absolute atomic E-state index is 0.233. The molecule has 1 saturated heterocycles. The average molecular weight is 269 g/mol. The van der Waals surface area contributed by atoms with Crippen molar-refractivity contribution in [3.8, 4) is 0 Å². The van der Waals surface area contributed by atoms with Crippen molar-refractivity contribution >= 4 is 12.1 Å². The van der Waals surface area contributed by atoms with E-state index in [0.717, 1.165) is 12.8 Å². The van der Waals surface area contributed by atoms with Gasteiger partial charge in [0.1, 0.15) is 5.60 Å². The van der Waals surface area contributed by atoms with Gasteiger partial charge in [0.15, 0.2) is 0 Å². The second-order valence-electron chi connectivity index (χ2n) is 6.74. The summed E-state index contributed by atoms with van der Waals surface area (Å²) in [7, 11) is 0. The van der Waals surface area contributed by atoms with Gasteiger partial charge in [0.2, 0.25) is 0 Å². The fourth-order valence-electron chi connectivity index (χ4n) is 3.35. The Kier molecular flexibility index (Phi) is 3.74. The van der Waals surface area contributed by atoms with E-state index in [-0.39, 0.29) is 18.4 Å². The number of carbonyl (C=O) groups excluding carboxylic acids is 1. The summed E-state index contributed by atoms with van der Waals surface area (Å²) in [6, 6.07) is 0.